The molecule has 8 nitrogen and oxygen atoms in total. The molecule has 4 rings (SSSR count). The normalized spacial score (nSPS) is 16.1. The summed E-state index contributed by atoms with van der Waals surface area (Å²) in [5, 5.41) is 12.7. The van der Waals surface area contributed by atoms with Gasteiger partial charge in [0, 0.05) is 0 Å². The Morgan fingerprint density at radius 1 is 0.704 bits per heavy atom. The van der Waals surface area contributed by atoms with Crippen LogP contribution in [-0.2, 0) is 9.84 Å². The molecule has 2 aliphatic heterocycles. The predicted octanol–water partition coefficient (Wildman–Crippen LogP) is -2.58. The van der Waals surface area contributed by atoms with Crippen LogP contribution in [0.3, 0.4) is 0 Å². The summed E-state index contributed by atoms with van der Waals surface area (Å²) in [5.41, 5.74) is 1.64. The van der Waals surface area contributed by atoms with Crippen LogP contribution in [0.25, 0.3) is 0 Å². The minimum absolute atomic E-state index is 0.264. The van der Waals surface area contributed by atoms with Gasteiger partial charge in [0.2, 0.25) is 9.84 Å². The van der Waals surface area contributed by atoms with Gasteiger partial charge in [-0.3, -0.25) is 20.6 Å². The topological polar surface area (TPSA) is 110 Å². The fourth-order valence-corrected chi connectivity index (χ4v) is 4.17. The molecule has 0 spiro atoms. The molecule has 0 fully saturated rings. The molecule has 6 N–H and O–H groups in total. The highest BCUT2D eigenvalue weighted by Crippen LogP contribution is 2.23. The van der Waals surface area contributed by atoms with E-state index in [-0.39, 0.29) is 9.79 Å². The van der Waals surface area contributed by atoms with Gasteiger partial charge in [0.05, 0.1) is 47.3 Å². The lowest BCUT2D eigenvalue weighted by atomic mass is 10.3. The molecule has 0 aromatic heterocycles. The van der Waals surface area contributed by atoms with Gasteiger partial charge in [-0.05, 0) is 48.5 Å². The number of hydrogen-bond donors (Lipinski definition) is 6. The fourth-order valence-electron chi connectivity index (χ4n) is 2.91. The lowest BCUT2D eigenvalue weighted by Crippen LogP contribution is -2.72. The zero-order valence-electron chi connectivity index (χ0n) is 14.7. The van der Waals surface area contributed by atoms with Crippen LogP contribution in [0.4, 0.5) is 11.4 Å². The largest absolute Gasteiger partial charge is 0.348 e. The van der Waals surface area contributed by atoms with Crippen molar-refractivity contribution in [1.29, 1.82) is 0 Å². The van der Waals surface area contributed by atoms with Gasteiger partial charge in [0.25, 0.3) is 0 Å². The molecule has 0 amide bonds. The third kappa shape index (κ3) is 3.87. The highest BCUT2D eigenvalue weighted by molar-refractivity contribution is 7.91. The summed E-state index contributed by atoms with van der Waals surface area (Å²) in [6.07, 6.45) is 0. The first-order chi connectivity index (χ1) is 13.1. The second-order valence-electron chi connectivity index (χ2n) is 6.26. The minimum atomic E-state index is -3.56. The van der Waals surface area contributed by atoms with Crippen LogP contribution in [0, 0.1) is 0 Å². The van der Waals surface area contributed by atoms with Crippen molar-refractivity contribution < 1.29 is 18.4 Å². The Morgan fingerprint density at radius 3 is 1.44 bits per heavy atom. The molecule has 9 heteroatoms. The summed E-state index contributed by atoms with van der Waals surface area (Å²) in [5.74, 6) is 1.66. The summed E-state index contributed by atoms with van der Waals surface area (Å²) >= 11 is 0. The van der Waals surface area contributed by atoms with Crippen molar-refractivity contribution in [2.24, 2.45) is 0 Å². The highest BCUT2D eigenvalue weighted by Gasteiger charge is 2.19. The molecule has 2 aromatic rings. The maximum Gasteiger partial charge on any atom is 0.348 e. The van der Waals surface area contributed by atoms with Crippen LogP contribution in [0.5, 0.6) is 0 Å². The molecule has 0 saturated carbocycles. The number of rotatable bonds is 4. The van der Waals surface area contributed by atoms with E-state index in [1.807, 2.05) is 0 Å². The van der Waals surface area contributed by atoms with Gasteiger partial charge < -0.3 is 0 Å². The van der Waals surface area contributed by atoms with Crippen molar-refractivity contribution in [3.8, 4) is 0 Å². The van der Waals surface area contributed by atoms with Crippen LogP contribution >= 0.6 is 0 Å². The Morgan fingerprint density at radius 2 is 1.11 bits per heavy atom. The van der Waals surface area contributed by atoms with Gasteiger partial charge >= 0.3 is 11.9 Å². The van der Waals surface area contributed by atoms with Gasteiger partial charge in [0.1, 0.15) is 0 Å². The quantitative estimate of drug-likeness (QED) is 0.345. The SMILES string of the molecule is O=S(=O)(c1ccc(NC2=[NH+]CCN2)cc1)c1ccc(NC2=[NH+]CCN2)cc1. The van der Waals surface area contributed by atoms with Crippen LogP contribution in [0.1, 0.15) is 0 Å². The van der Waals surface area contributed by atoms with Crippen LogP contribution < -0.4 is 31.3 Å². The smallest absolute Gasteiger partial charge is 0.275 e. The summed E-state index contributed by atoms with van der Waals surface area (Å²) in [6, 6.07) is 13.5. The molecule has 140 valence electrons. The van der Waals surface area contributed by atoms with E-state index in [0.29, 0.717) is 0 Å². The zero-order chi connectivity index (χ0) is 18.7. The van der Waals surface area contributed by atoms with Crippen molar-refractivity contribution in [1.82, 2.24) is 10.6 Å². The third-order valence-corrected chi connectivity index (χ3v) is 6.11. The molecule has 2 heterocycles. The monoisotopic (exact) mass is 386 g/mol. The van der Waals surface area contributed by atoms with Crippen LogP contribution in [-0.4, -0.2) is 46.5 Å². The number of guanidine groups is 2. The van der Waals surface area contributed by atoms with E-state index in [2.05, 4.69) is 31.3 Å². The molecular weight excluding hydrogens is 364 g/mol. The molecular formula is C18H22N6O2S+2. The molecule has 0 bridgehead atoms. The van der Waals surface area contributed by atoms with E-state index in [0.717, 1.165) is 49.5 Å². The summed E-state index contributed by atoms with van der Waals surface area (Å²) in [7, 11) is -3.56. The lowest BCUT2D eigenvalue weighted by molar-refractivity contribution is -0.444. The Labute approximate surface area is 157 Å². The number of anilines is 2. The summed E-state index contributed by atoms with van der Waals surface area (Å²) in [4.78, 5) is 6.86. The minimum Gasteiger partial charge on any atom is -0.275 e. The number of benzene rings is 2. The Balaban J connectivity index is 1.48. The molecule has 27 heavy (non-hydrogen) atoms. The second kappa shape index (κ2) is 7.28. The van der Waals surface area contributed by atoms with Gasteiger partial charge in [-0.15, -0.1) is 0 Å². The molecule has 0 radical (unpaired) electrons. The first-order valence-electron chi connectivity index (χ1n) is 8.80. The van der Waals surface area contributed by atoms with Crippen molar-refractivity contribution in [2.45, 2.75) is 9.79 Å². The first-order valence-corrected chi connectivity index (χ1v) is 10.3. The molecule has 2 aliphatic rings. The highest BCUT2D eigenvalue weighted by atomic mass is 32.2. The van der Waals surface area contributed by atoms with Gasteiger partial charge in [-0.2, -0.15) is 0 Å². The zero-order valence-corrected chi connectivity index (χ0v) is 15.5. The Hall–Kier alpha value is -3.07. The lowest BCUT2D eigenvalue weighted by Gasteiger charge is -2.07. The molecule has 0 saturated heterocycles. The standard InChI is InChI=1S/C18H20N6O2S/c25-27(26,15-5-1-13(2-6-15)23-17-19-9-10-20-17)16-7-3-14(4-8-16)24-18-21-11-12-22-18/h1-8H,9-12H2,(H2,19,20,23)(H2,21,22,24)/p+2. The number of nitrogens with one attached hydrogen (secondary N) is 6. The van der Waals surface area contributed by atoms with E-state index in [9.17, 15) is 8.42 Å². The second-order valence-corrected chi connectivity index (χ2v) is 8.21. The fraction of sp³-hybridized carbons (Fsp3) is 0.222. The van der Waals surface area contributed by atoms with E-state index < -0.39 is 9.84 Å². The Bertz CT molecular complexity index is 906. The number of sulfone groups is 1. The first kappa shape index (κ1) is 17.3. The average Bonchev–Trinajstić information content (AvgIpc) is 3.37. The predicted molar refractivity (Wildman–Crippen MR) is 103 cm³/mol. The third-order valence-electron chi connectivity index (χ3n) is 4.33. The van der Waals surface area contributed by atoms with Crippen molar-refractivity contribution in [2.75, 3.05) is 36.8 Å². The van der Waals surface area contributed by atoms with Crippen LogP contribution in [0.15, 0.2) is 58.3 Å². The van der Waals surface area contributed by atoms with E-state index in [1.54, 1.807) is 48.5 Å². The van der Waals surface area contributed by atoms with Crippen molar-refractivity contribution >= 4 is 33.1 Å². The maximum atomic E-state index is 12.8. The van der Waals surface area contributed by atoms with Crippen molar-refractivity contribution in [3.05, 3.63) is 48.5 Å². The van der Waals surface area contributed by atoms with E-state index in [4.69, 9.17) is 0 Å². The molecule has 0 atom stereocenters. The molecule has 0 unspecified atom stereocenters. The average molecular weight is 386 g/mol. The van der Waals surface area contributed by atoms with Gasteiger partial charge in [0.15, 0.2) is 0 Å². The summed E-state index contributed by atoms with van der Waals surface area (Å²) < 4.78 is 25.7. The number of hydrogen-bond acceptors (Lipinski definition) is 6. The van der Waals surface area contributed by atoms with Gasteiger partial charge in [-0.25, -0.2) is 19.1 Å². The van der Waals surface area contributed by atoms with Gasteiger partial charge in [-0.1, -0.05) is 0 Å². The summed E-state index contributed by atoms with van der Waals surface area (Å²) in [6.45, 7) is 3.46. The Kier molecular flexibility index (Phi) is 4.68. The molecule has 0 aliphatic carbocycles. The maximum absolute atomic E-state index is 12.8. The van der Waals surface area contributed by atoms with E-state index in [1.165, 1.54) is 0 Å². The van der Waals surface area contributed by atoms with Crippen molar-refractivity contribution in [3.63, 3.8) is 0 Å². The molecule has 2 aromatic carbocycles. The van der Waals surface area contributed by atoms with E-state index >= 15 is 0 Å². The van der Waals surface area contributed by atoms with Crippen LogP contribution in [0.2, 0.25) is 0 Å².